The average Bonchev–Trinajstić information content (AvgIpc) is 2.70. The minimum absolute atomic E-state index is 0.0535. The van der Waals surface area contributed by atoms with Gasteiger partial charge in [0, 0.05) is 6.04 Å². The molecule has 0 aliphatic heterocycles. The number of carboxylic acid groups (broad SMARTS) is 1. The van der Waals surface area contributed by atoms with Gasteiger partial charge in [0.2, 0.25) is 0 Å². The minimum Gasteiger partial charge on any atom is -0.481 e. The fourth-order valence-electron chi connectivity index (χ4n) is 2.03. The topological polar surface area (TPSA) is 91.3 Å². The molecule has 1 aliphatic rings. The van der Waals surface area contributed by atoms with Crippen LogP contribution in [0, 0.1) is 5.92 Å². The number of hydrogen-bond donors (Lipinski definition) is 3. The number of anilines is 1. The molecule has 0 bridgehead atoms. The molecule has 2 rings (SSSR count). The van der Waals surface area contributed by atoms with Gasteiger partial charge in [-0.3, -0.25) is 10.1 Å². The first-order valence-electron chi connectivity index (χ1n) is 6.21. The SMILES string of the molecule is CC(C)c1scnc1NC(=O)NC1CC(C(=O)O)C1. The van der Waals surface area contributed by atoms with Crippen molar-refractivity contribution in [1.29, 1.82) is 0 Å². The van der Waals surface area contributed by atoms with Crippen LogP contribution in [0.4, 0.5) is 10.6 Å². The molecule has 104 valence electrons. The number of nitrogens with zero attached hydrogens (tertiary/aromatic N) is 1. The summed E-state index contributed by atoms with van der Waals surface area (Å²) in [5.41, 5.74) is 1.70. The van der Waals surface area contributed by atoms with E-state index in [9.17, 15) is 9.59 Å². The highest BCUT2D eigenvalue weighted by Gasteiger charge is 2.35. The van der Waals surface area contributed by atoms with Crippen molar-refractivity contribution in [3.05, 3.63) is 10.4 Å². The zero-order chi connectivity index (χ0) is 14.0. The number of aliphatic carboxylic acids is 1. The number of urea groups is 1. The molecule has 0 atom stereocenters. The van der Waals surface area contributed by atoms with Gasteiger partial charge in [0.15, 0.2) is 0 Å². The Morgan fingerprint density at radius 1 is 1.47 bits per heavy atom. The summed E-state index contributed by atoms with van der Waals surface area (Å²) in [7, 11) is 0. The Hall–Kier alpha value is -1.63. The molecule has 7 heteroatoms. The maximum absolute atomic E-state index is 11.8. The third kappa shape index (κ3) is 3.23. The van der Waals surface area contributed by atoms with Crippen LogP contribution in [0.2, 0.25) is 0 Å². The van der Waals surface area contributed by atoms with Gasteiger partial charge in [0.1, 0.15) is 5.82 Å². The van der Waals surface area contributed by atoms with E-state index in [1.807, 2.05) is 13.8 Å². The Balaban J connectivity index is 1.82. The summed E-state index contributed by atoms with van der Waals surface area (Å²) in [5, 5.41) is 14.2. The first kappa shape index (κ1) is 13.8. The number of thiazole rings is 1. The second-order valence-electron chi connectivity index (χ2n) is 5.02. The maximum Gasteiger partial charge on any atom is 0.320 e. The molecule has 0 radical (unpaired) electrons. The van der Waals surface area contributed by atoms with Crippen molar-refractivity contribution in [3.8, 4) is 0 Å². The molecule has 0 aromatic carbocycles. The fourth-order valence-corrected chi connectivity index (χ4v) is 2.78. The Morgan fingerprint density at radius 2 is 2.16 bits per heavy atom. The van der Waals surface area contributed by atoms with Crippen LogP contribution >= 0.6 is 11.3 Å². The summed E-state index contributed by atoms with van der Waals surface area (Å²) < 4.78 is 0. The van der Waals surface area contributed by atoms with Gasteiger partial charge in [-0.25, -0.2) is 9.78 Å². The highest BCUT2D eigenvalue weighted by molar-refractivity contribution is 7.10. The minimum atomic E-state index is -0.792. The molecule has 1 aromatic rings. The van der Waals surface area contributed by atoms with Gasteiger partial charge in [-0.1, -0.05) is 13.8 Å². The Morgan fingerprint density at radius 3 is 2.74 bits per heavy atom. The third-order valence-electron chi connectivity index (χ3n) is 3.17. The van der Waals surface area contributed by atoms with Crippen LogP contribution in [-0.2, 0) is 4.79 Å². The first-order chi connectivity index (χ1) is 8.97. The molecule has 3 N–H and O–H groups in total. The van der Waals surface area contributed by atoms with E-state index in [0.29, 0.717) is 24.6 Å². The van der Waals surface area contributed by atoms with E-state index in [0.717, 1.165) is 4.88 Å². The van der Waals surface area contributed by atoms with Crippen molar-refractivity contribution in [2.45, 2.75) is 38.6 Å². The van der Waals surface area contributed by atoms with Crippen molar-refractivity contribution in [2.75, 3.05) is 5.32 Å². The molecule has 2 amide bonds. The molecule has 1 aliphatic carbocycles. The van der Waals surface area contributed by atoms with Crippen molar-refractivity contribution in [2.24, 2.45) is 5.92 Å². The molecule has 0 saturated heterocycles. The van der Waals surface area contributed by atoms with E-state index in [4.69, 9.17) is 5.11 Å². The Kier molecular flexibility index (Phi) is 4.04. The zero-order valence-electron chi connectivity index (χ0n) is 10.8. The molecule has 1 saturated carbocycles. The summed E-state index contributed by atoms with van der Waals surface area (Å²) in [5.74, 6) is -0.217. The molecular weight excluding hydrogens is 266 g/mol. The molecule has 1 aromatic heterocycles. The number of rotatable bonds is 4. The number of hydrogen-bond acceptors (Lipinski definition) is 4. The summed E-state index contributed by atoms with van der Waals surface area (Å²) >= 11 is 1.51. The van der Waals surface area contributed by atoms with Crippen LogP contribution in [0.5, 0.6) is 0 Å². The lowest BCUT2D eigenvalue weighted by Gasteiger charge is -2.32. The zero-order valence-corrected chi connectivity index (χ0v) is 11.7. The highest BCUT2D eigenvalue weighted by atomic mass is 32.1. The van der Waals surface area contributed by atoms with Crippen molar-refractivity contribution < 1.29 is 14.7 Å². The molecule has 6 nitrogen and oxygen atoms in total. The van der Waals surface area contributed by atoms with E-state index in [2.05, 4.69) is 15.6 Å². The highest BCUT2D eigenvalue weighted by Crippen LogP contribution is 2.29. The Bertz CT molecular complexity index is 480. The van der Waals surface area contributed by atoms with Crippen LogP contribution in [-0.4, -0.2) is 28.1 Å². The predicted molar refractivity (Wildman–Crippen MR) is 72.5 cm³/mol. The summed E-state index contributed by atoms with van der Waals surface area (Å²) in [6.07, 6.45) is 0.994. The van der Waals surface area contributed by atoms with Gasteiger partial charge in [0.25, 0.3) is 0 Å². The van der Waals surface area contributed by atoms with E-state index in [1.165, 1.54) is 11.3 Å². The molecule has 1 heterocycles. The quantitative estimate of drug-likeness (QED) is 0.790. The van der Waals surface area contributed by atoms with E-state index in [-0.39, 0.29) is 18.0 Å². The molecule has 1 fully saturated rings. The number of carbonyl (C=O) groups is 2. The Labute approximate surface area is 115 Å². The molecule has 0 spiro atoms. The molecular formula is C12H17N3O3S. The monoisotopic (exact) mass is 283 g/mol. The number of carbonyl (C=O) groups excluding carboxylic acids is 1. The second-order valence-corrected chi connectivity index (χ2v) is 5.91. The van der Waals surface area contributed by atoms with Crippen molar-refractivity contribution >= 4 is 29.2 Å². The van der Waals surface area contributed by atoms with Crippen molar-refractivity contribution in [3.63, 3.8) is 0 Å². The van der Waals surface area contributed by atoms with Crippen LogP contribution < -0.4 is 10.6 Å². The average molecular weight is 283 g/mol. The molecule has 19 heavy (non-hydrogen) atoms. The van der Waals surface area contributed by atoms with E-state index >= 15 is 0 Å². The van der Waals surface area contributed by atoms with E-state index in [1.54, 1.807) is 5.51 Å². The van der Waals surface area contributed by atoms with Gasteiger partial charge in [0.05, 0.1) is 16.3 Å². The van der Waals surface area contributed by atoms with Crippen LogP contribution in [0.1, 0.15) is 37.5 Å². The second kappa shape index (κ2) is 5.56. The van der Waals surface area contributed by atoms with Gasteiger partial charge in [-0.05, 0) is 18.8 Å². The van der Waals surface area contributed by atoms with Gasteiger partial charge < -0.3 is 10.4 Å². The number of carboxylic acids is 1. The number of nitrogens with one attached hydrogen (secondary N) is 2. The normalized spacial score (nSPS) is 21.8. The summed E-state index contributed by atoms with van der Waals surface area (Å²) in [4.78, 5) is 27.6. The first-order valence-corrected chi connectivity index (χ1v) is 7.09. The van der Waals surface area contributed by atoms with E-state index < -0.39 is 5.97 Å². The van der Waals surface area contributed by atoms with Crippen LogP contribution in [0.15, 0.2) is 5.51 Å². The standard InChI is InChI=1S/C12H17N3O3S/c1-6(2)9-10(13-5-19-9)15-12(18)14-8-3-7(4-8)11(16)17/h5-8H,3-4H2,1-2H3,(H,16,17)(H2,14,15,18). The lowest BCUT2D eigenvalue weighted by atomic mass is 9.80. The maximum atomic E-state index is 11.8. The van der Waals surface area contributed by atoms with Gasteiger partial charge in [-0.2, -0.15) is 0 Å². The summed E-state index contributed by atoms with van der Waals surface area (Å²) in [6.45, 7) is 4.08. The van der Waals surface area contributed by atoms with Crippen LogP contribution in [0.25, 0.3) is 0 Å². The van der Waals surface area contributed by atoms with Gasteiger partial charge >= 0.3 is 12.0 Å². The molecule has 0 unspecified atom stereocenters. The summed E-state index contributed by atoms with van der Waals surface area (Å²) in [6, 6.07) is -0.371. The number of amides is 2. The third-order valence-corrected chi connectivity index (χ3v) is 4.30. The lowest BCUT2D eigenvalue weighted by molar-refractivity contribution is -0.145. The lowest BCUT2D eigenvalue weighted by Crippen LogP contribution is -2.48. The van der Waals surface area contributed by atoms with Gasteiger partial charge in [-0.15, -0.1) is 11.3 Å². The predicted octanol–water partition coefficient (Wildman–Crippen LogP) is 2.25. The van der Waals surface area contributed by atoms with Crippen LogP contribution in [0.3, 0.4) is 0 Å². The fraction of sp³-hybridized carbons (Fsp3) is 0.583. The smallest absolute Gasteiger partial charge is 0.320 e. The largest absolute Gasteiger partial charge is 0.481 e. The number of aromatic nitrogens is 1. The van der Waals surface area contributed by atoms with Crippen molar-refractivity contribution in [1.82, 2.24) is 10.3 Å².